The summed E-state index contributed by atoms with van der Waals surface area (Å²) in [4.78, 5) is 13.2. The van der Waals surface area contributed by atoms with Gasteiger partial charge in [0.25, 0.3) is 0 Å². The number of hydrogen-bond acceptors (Lipinski definition) is 6. The summed E-state index contributed by atoms with van der Waals surface area (Å²) in [5.41, 5.74) is 1.81. The fourth-order valence-corrected chi connectivity index (χ4v) is 3.34. The number of thiazole rings is 1. The zero-order valence-corrected chi connectivity index (χ0v) is 14.9. The predicted molar refractivity (Wildman–Crippen MR) is 99.1 cm³/mol. The highest BCUT2D eigenvalue weighted by Crippen LogP contribution is 2.37. The standard InChI is InChI=1S/C14H12N4S2.2ClH/c1-19-13-12(10-6-2-4-8-15-10)18-14(20-13)17-11-7-3-5-9-16-11;;/h2-9H,1H3,(H,16,17,18);2*1H. The number of nitrogens with one attached hydrogen (secondary N) is 1. The summed E-state index contributed by atoms with van der Waals surface area (Å²) in [7, 11) is 0. The van der Waals surface area contributed by atoms with E-state index in [2.05, 4.69) is 20.3 Å². The highest BCUT2D eigenvalue weighted by molar-refractivity contribution is 8.00. The quantitative estimate of drug-likeness (QED) is 0.659. The summed E-state index contributed by atoms with van der Waals surface area (Å²) in [6, 6.07) is 11.6. The Balaban J connectivity index is 0.00000121. The van der Waals surface area contributed by atoms with Gasteiger partial charge in [-0.1, -0.05) is 23.5 Å². The highest BCUT2D eigenvalue weighted by atomic mass is 35.5. The van der Waals surface area contributed by atoms with Crippen molar-refractivity contribution in [1.29, 1.82) is 0 Å². The van der Waals surface area contributed by atoms with Crippen LogP contribution in [0.5, 0.6) is 0 Å². The topological polar surface area (TPSA) is 50.7 Å². The smallest absolute Gasteiger partial charge is 0.190 e. The van der Waals surface area contributed by atoms with Crippen molar-refractivity contribution >= 4 is 58.9 Å². The van der Waals surface area contributed by atoms with Crippen LogP contribution in [-0.2, 0) is 0 Å². The van der Waals surface area contributed by atoms with Crippen LogP contribution in [0.15, 0.2) is 53.0 Å². The van der Waals surface area contributed by atoms with Gasteiger partial charge in [0.05, 0.1) is 9.90 Å². The highest BCUT2D eigenvalue weighted by Gasteiger charge is 2.13. The number of nitrogens with zero attached hydrogens (tertiary/aromatic N) is 3. The molecule has 0 radical (unpaired) electrons. The van der Waals surface area contributed by atoms with Crippen molar-refractivity contribution in [3.63, 3.8) is 0 Å². The van der Waals surface area contributed by atoms with Gasteiger partial charge in [-0.05, 0) is 30.5 Å². The summed E-state index contributed by atoms with van der Waals surface area (Å²) < 4.78 is 1.14. The summed E-state index contributed by atoms with van der Waals surface area (Å²) >= 11 is 3.29. The summed E-state index contributed by atoms with van der Waals surface area (Å²) in [6.07, 6.45) is 5.58. The van der Waals surface area contributed by atoms with Gasteiger partial charge in [0.15, 0.2) is 5.13 Å². The first kappa shape index (κ1) is 18.7. The van der Waals surface area contributed by atoms with Crippen molar-refractivity contribution < 1.29 is 0 Å². The first-order chi connectivity index (χ1) is 9.86. The Labute approximate surface area is 149 Å². The van der Waals surface area contributed by atoms with Gasteiger partial charge < -0.3 is 5.32 Å². The third kappa shape index (κ3) is 4.33. The van der Waals surface area contributed by atoms with E-state index in [0.29, 0.717) is 0 Å². The molecule has 3 rings (SSSR count). The molecule has 3 aromatic heterocycles. The Hall–Kier alpha value is -1.34. The van der Waals surface area contributed by atoms with Crippen LogP contribution in [0, 0.1) is 0 Å². The van der Waals surface area contributed by atoms with E-state index in [9.17, 15) is 0 Å². The van der Waals surface area contributed by atoms with Crippen molar-refractivity contribution in [3.05, 3.63) is 48.8 Å². The van der Waals surface area contributed by atoms with Crippen LogP contribution in [0.1, 0.15) is 0 Å². The molecule has 3 aromatic rings. The number of halogens is 2. The first-order valence-corrected chi connectivity index (χ1v) is 8.05. The van der Waals surface area contributed by atoms with Gasteiger partial charge in [0.2, 0.25) is 0 Å². The molecule has 0 aliphatic heterocycles. The molecule has 8 heteroatoms. The monoisotopic (exact) mass is 372 g/mol. The molecule has 3 heterocycles. The molecule has 0 spiro atoms. The molecule has 22 heavy (non-hydrogen) atoms. The second-order valence-electron chi connectivity index (χ2n) is 3.91. The molecule has 0 amide bonds. The maximum Gasteiger partial charge on any atom is 0.190 e. The van der Waals surface area contributed by atoms with E-state index in [1.54, 1.807) is 35.5 Å². The zero-order valence-electron chi connectivity index (χ0n) is 11.6. The number of pyridine rings is 2. The van der Waals surface area contributed by atoms with E-state index >= 15 is 0 Å². The van der Waals surface area contributed by atoms with Crippen LogP contribution in [0.4, 0.5) is 10.9 Å². The minimum atomic E-state index is 0. The first-order valence-electron chi connectivity index (χ1n) is 6.01. The number of hydrogen-bond donors (Lipinski definition) is 1. The number of anilines is 2. The van der Waals surface area contributed by atoms with E-state index in [1.165, 1.54) is 0 Å². The van der Waals surface area contributed by atoms with Crippen LogP contribution in [0.2, 0.25) is 0 Å². The van der Waals surface area contributed by atoms with Crippen LogP contribution >= 0.6 is 47.9 Å². The van der Waals surface area contributed by atoms with E-state index in [1.807, 2.05) is 42.7 Å². The molecule has 0 aromatic carbocycles. The molecule has 0 unspecified atom stereocenters. The van der Waals surface area contributed by atoms with Crippen LogP contribution in [-0.4, -0.2) is 21.2 Å². The van der Waals surface area contributed by atoms with Gasteiger partial charge in [-0.25, -0.2) is 9.97 Å². The zero-order chi connectivity index (χ0) is 13.8. The average molecular weight is 373 g/mol. The molecule has 0 saturated heterocycles. The molecule has 0 aliphatic carbocycles. The Morgan fingerprint density at radius 3 is 2.32 bits per heavy atom. The molecule has 4 nitrogen and oxygen atoms in total. The van der Waals surface area contributed by atoms with Crippen molar-refractivity contribution in [2.24, 2.45) is 0 Å². The van der Waals surface area contributed by atoms with Crippen LogP contribution < -0.4 is 5.32 Å². The fourth-order valence-electron chi connectivity index (χ4n) is 1.71. The van der Waals surface area contributed by atoms with Crippen molar-refractivity contribution in [1.82, 2.24) is 15.0 Å². The molecule has 0 atom stereocenters. The van der Waals surface area contributed by atoms with E-state index < -0.39 is 0 Å². The van der Waals surface area contributed by atoms with E-state index in [4.69, 9.17) is 0 Å². The lowest BCUT2D eigenvalue weighted by molar-refractivity contribution is 1.24. The Morgan fingerprint density at radius 2 is 1.73 bits per heavy atom. The molecular weight excluding hydrogens is 359 g/mol. The molecule has 116 valence electrons. The summed E-state index contributed by atoms with van der Waals surface area (Å²) in [6.45, 7) is 0. The SMILES string of the molecule is CSc1sc(Nc2ccccn2)nc1-c1ccccn1.Cl.Cl. The Morgan fingerprint density at radius 1 is 1.00 bits per heavy atom. The molecule has 0 bridgehead atoms. The molecule has 1 N–H and O–H groups in total. The predicted octanol–water partition coefficient (Wildman–Crippen LogP) is 4.91. The van der Waals surface area contributed by atoms with Gasteiger partial charge in [0, 0.05) is 12.4 Å². The lowest BCUT2D eigenvalue weighted by Gasteiger charge is -1.99. The minimum absolute atomic E-state index is 0. The normalized spacial score (nSPS) is 9.50. The fraction of sp³-hybridized carbons (Fsp3) is 0.0714. The lowest BCUT2D eigenvalue weighted by atomic mass is 10.3. The van der Waals surface area contributed by atoms with Gasteiger partial charge in [-0.3, -0.25) is 4.98 Å². The second-order valence-corrected chi connectivity index (χ2v) is 5.99. The second kappa shape index (κ2) is 8.95. The maximum absolute atomic E-state index is 4.63. The van der Waals surface area contributed by atoms with Gasteiger partial charge in [-0.2, -0.15) is 0 Å². The minimum Gasteiger partial charge on any atom is -0.316 e. The largest absolute Gasteiger partial charge is 0.316 e. The molecule has 0 saturated carbocycles. The van der Waals surface area contributed by atoms with Gasteiger partial charge >= 0.3 is 0 Å². The van der Waals surface area contributed by atoms with E-state index in [0.717, 1.165) is 26.5 Å². The van der Waals surface area contributed by atoms with E-state index in [-0.39, 0.29) is 24.8 Å². The van der Waals surface area contributed by atoms with Crippen molar-refractivity contribution in [3.8, 4) is 11.4 Å². The van der Waals surface area contributed by atoms with Crippen LogP contribution in [0.3, 0.4) is 0 Å². The number of thioether (sulfide) groups is 1. The lowest BCUT2D eigenvalue weighted by Crippen LogP contribution is -1.92. The molecular formula is C14H14Cl2N4S2. The third-order valence-electron chi connectivity index (χ3n) is 2.59. The number of aromatic nitrogens is 3. The summed E-state index contributed by atoms with van der Waals surface area (Å²) in [5, 5.41) is 4.05. The Bertz CT molecular complexity index is 693. The van der Waals surface area contributed by atoms with Crippen molar-refractivity contribution in [2.75, 3.05) is 11.6 Å². The average Bonchev–Trinajstić information content (AvgIpc) is 2.92. The van der Waals surface area contributed by atoms with Crippen molar-refractivity contribution in [2.45, 2.75) is 4.21 Å². The summed E-state index contributed by atoms with van der Waals surface area (Å²) in [5.74, 6) is 0.793. The van der Waals surface area contributed by atoms with Gasteiger partial charge in [-0.15, -0.1) is 36.6 Å². The van der Waals surface area contributed by atoms with Gasteiger partial charge in [0.1, 0.15) is 11.5 Å². The van der Waals surface area contributed by atoms with Crippen LogP contribution in [0.25, 0.3) is 11.4 Å². The maximum atomic E-state index is 4.63. The Kier molecular flexibility index (Phi) is 7.61. The third-order valence-corrected chi connectivity index (χ3v) is 4.67. The molecule has 0 fully saturated rings. The molecule has 0 aliphatic rings. The number of rotatable bonds is 4.